The van der Waals surface area contributed by atoms with E-state index in [2.05, 4.69) is 0 Å². The number of aromatic nitrogens is 2. The molecule has 0 radical (unpaired) electrons. The first-order chi connectivity index (χ1) is 16.1. The van der Waals surface area contributed by atoms with Gasteiger partial charge in [0.05, 0.1) is 41.2 Å². The van der Waals surface area contributed by atoms with Crippen molar-refractivity contribution >= 4 is 29.3 Å². The number of ether oxygens (including phenoxy) is 1. The summed E-state index contributed by atoms with van der Waals surface area (Å²) in [6, 6.07) is 2.98. The Hall–Kier alpha value is -2.85. The second-order valence-corrected chi connectivity index (χ2v) is 9.59. The molecule has 1 aliphatic carbocycles. The van der Waals surface area contributed by atoms with E-state index in [1.165, 1.54) is 10.6 Å². The highest BCUT2D eigenvalue weighted by Gasteiger charge is 2.46. The highest BCUT2D eigenvalue weighted by atomic mass is 35.5. The SMILES string of the molecule is CC[C@@]1(O)C(=O)OCc2c1cc1n(c2=O)Cc2c-1nc1cc(F)c(C)c3c1c2C(N)(CO)CC3.Cl. The Morgan fingerprint density at radius 2 is 2.00 bits per heavy atom. The van der Waals surface area contributed by atoms with Gasteiger partial charge in [-0.15, -0.1) is 12.4 Å². The second-order valence-electron chi connectivity index (χ2n) is 9.59. The number of pyridine rings is 2. The van der Waals surface area contributed by atoms with Crippen molar-refractivity contribution in [2.75, 3.05) is 6.61 Å². The molecule has 0 fully saturated rings. The molecule has 0 amide bonds. The van der Waals surface area contributed by atoms with Crippen molar-refractivity contribution in [2.24, 2.45) is 5.73 Å². The predicted octanol–water partition coefficient (Wildman–Crippen LogP) is 2.04. The van der Waals surface area contributed by atoms with E-state index >= 15 is 0 Å². The maximum Gasteiger partial charge on any atom is 0.343 e. The van der Waals surface area contributed by atoms with Gasteiger partial charge in [0.15, 0.2) is 5.60 Å². The molecular weight excluding hydrogens is 477 g/mol. The molecule has 2 aliphatic heterocycles. The summed E-state index contributed by atoms with van der Waals surface area (Å²) in [5.41, 5.74) is 7.74. The Balaban J connectivity index is 0.00000253. The molecule has 1 aromatic carbocycles. The van der Waals surface area contributed by atoms with Crippen LogP contribution in [0.15, 0.2) is 16.9 Å². The van der Waals surface area contributed by atoms with Gasteiger partial charge in [-0.3, -0.25) is 4.79 Å². The fraction of sp³-hybridized carbons (Fsp3) is 0.400. The number of esters is 1. The van der Waals surface area contributed by atoms with Crippen LogP contribution in [0.25, 0.3) is 22.3 Å². The molecule has 8 nitrogen and oxygen atoms in total. The number of rotatable bonds is 2. The first-order valence-electron chi connectivity index (χ1n) is 11.4. The number of nitrogens with two attached hydrogens (primary N) is 1. The molecule has 2 atom stereocenters. The van der Waals surface area contributed by atoms with Crippen LogP contribution < -0.4 is 11.3 Å². The fourth-order valence-electron chi connectivity index (χ4n) is 5.88. The Labute approximate surface area is 205 Å². The molecule has 4 N–H and O–H groups in total. The zero-order chi connectivity index (χ0) is 24.2. The van der Waals surface area contributed by atoms with Gasteiger partial charge < -0.3 is 25.3 Å². The lowest BCUT2D eigenvalue weighted by Gasteiger charge is -2.36. The van der Waals surface area contributed by atoms with Gasteiger partial charge in [0.25, 0.3) is 5.56 Å². The zero-order valence-corrected chi connectivity index (χ0v) is 20.1. The van der Waals surface area contributed by atoms with E-state index in [1.807, 2.05) is 0 Å². The highest BCUT2D eigenvalue weighted by molar-refractivity contribution is 5.93. The number of aliphatic hydroxyl groups excluding tert-OH is 1. The van der Waals surface area contributed by atoms with E-state index in [-0.39, 0.29) is 61.1 Å². The molecule has 6 rings (SSSR count). The molecule has 0 bridgehead atoms. The lowest BCUT2D eigenvalue weighted by molar-refractivity contribution is -0.172. The molecule has 1 unspecified atom stereocenters. The van der Waals surface area contributed by atoms with Crippen LogP contribution in [0.3, 0.4) is 0 Å². The molecule has 4 heterocycles. The number of benzene rings is 1. The summed E-state index contributed by atoms with van der Waals surface area (Å²) in [5.74, 6) is -1.17. The zero-order valence-electron chi connectivity index (χ0n) is 19.3. The number of carbonyl (C=O) groups is 1. The largest absolute Gasteiger partial charge is 0.458 e. The van der Waals surface area contributed by atoms with Gasteiger partial charge >= 0.3 is 5.97 Å². The van der Waals surface area contributed by atoms with Crippen molar-refractivity contribution in [1.29, 1.82) is 0 Å². The van der Waals surface area contributed by atoms with Crippen molar-refractivity contribution in [2.45, 2.75) is 57.4 Å². The number of nitrogens with zero attached hydrogens (tertiary/aromatic N) is 2. The van der Waals surface area contributed by atoms with Crippen molar-refractivity contribution in [3.8, 4) is 11.4 Å². The summed E-state index contributed by atoms with van der Waals surface area (Å²) in [6.07, 6.45) is 0.968. The number of hydrogen-bond acceptors (Lipinski definition) is 7. The molecule has 3 aliphatic rings. The summed E-state index contributed by atoms with van der Waals surface area (Å²) in [4.78, 5) is 30.6. The molecule has 10 heteroatoms. The molecule has 2 aromatic heterocycles. The van der Waals surface area contributed by atoms with Gasteiger partial charge in [-0.2, -0.15) is 0 Å². The monoisotopic (exact) mass is 501 g/mol. The van der Waals surface area contributed by atoms with Crippen LogP contribution in [0.2, 0.25) is 0 Å². The quantitative estimate of drug-likeness (QED) is 0.359. The van der Waals surface area contributed by atoms with Gasteiger partial charge in [0.2, 0.25) is 0 Å². The van der Waals surface area contributed by atoms with Crippen LogP contribution in [0.5, 0.6) is 0 Å². The number of aliphatic hydroxyl groups is 2. The Kier molecular flexibility index (Phi) is 5.16. The molecule has 0 saturated carbocycles. The minimum Gasteiger partial charge on any atom is -0.458 e. The fourth-order valence-corrected chi connectivity index (χ4v) is 5.88. The minimum absolute atomic E-state index is 0. The van der Waals surface area contributed by atoms with Crippen molar-refractivity contribution < 1.29 is 24.1 Å². The van der Waals surface area contributed by atoms with Crippen LogP contribution in [0.1, 0.15) is 53.1 Å². The average molecular weight is 502 g/mol. The summed E-state index contributed by atoms with van der Waals surface area (Å²) in [7, 11) is 0. The van der Waals surface area contributed by atoms with Crippen molar-refractivity contribution in [1.82, 2.24) is 9.55 Å². The Morgan fingerprint density at radius 1 is 1.26 bits per heavy atom. The number of fused-ring (bicyclic) bond motifs is 5. The third kappa shape index (κ3) is 2.86. The summed E-state index contributed by atoms with van der Waals surface area (Å²) < 4.78 is 21.4. The van der Waals surface area contributed by atoms with E-state index in [0.717, 1.165) is 10.9 Å². The number of aryl methyl sites for hydroxylation is 1. The first kappa shape index (κ1) is 23.9. The first-order valence-corrected chi connectivity index (χ1v) is 11.4. The Morgan fingerprint density at radius 3 is 2.69 bits per heavy atom. The maximum absolute atomic E-state index is 14.8. The maximum atomic E-state index is 14.8. The van der Waals surface area contributed by atoms with E-state index in [4.69, 9.17) is 15.5 Å². The summed E-state index contributed by atoms with van der Waals surface area (Å²) in [5, 5.41) is 22.1. The normalized spacial score (nSPS) is 23.9. The van der Waals surface area contributed by atoms with E-state index < -0.39 is 17.1 Å². The lowest BCUT2D eigenvalue weighted by Crippen LogP contribution is -2.44. The van der Waals surface area contributed by atoms with Gasteiger partial charge in [0, 0.05) is 22.6 Å². The summed E-state index contributed by atoms with van der Waals surface area (Å²) in [6.45, 7) is 3.00. The molecule has 3 aromatic rings. The summed E-state index contributed by atoms with van der Waals surface area (Å²) >= 11 is 0. The van der Waals surface area contributed by atoms with Gasteiger partial charge in [-0.1, -0.05) is 6.92 Å². The number of cyclic esters (lactones) is 1. The molecule has 35 heavy (non-hydrogen) atoms. The number of hydrogen-bond donors (Lipinski definition) is 3. The van der Waals surface area contributed by atoms with E-state index in [9.17, 15) is 24.2 Å². The van der Waals surface area contributed by atoms with Crippen LogP contribution in [-0.4, -0.2) is 32.3 Å². The molecule has 0 saturated heterocycles. The van der Waals surface area contributed by atoms with Gasteiger partial charge in [-0.25, -0.2) is 14.2 Å². The third-order valence-corrected chi connectivity index (χ3v) is 7.90. The van der Waals surface area contributed by atoms with Crippen LogP contribution in [0.4, 0.5) is 4.39 Å². The number of carbonyl (C=O) groups excluding carboxylic acids is 1. The van der Waals surface area contributed by atoms with Crippen LogP contribution in [-0.2, 0) is 40.2 Å². The Bertz CT molecular complexity index is 1520. The molecule has 0 spiro atoms. The van der Waals surface area contributed by atoms with Gasteiger partial charge in [0.1, 0.15) is 12.4 Å². The second kappa shape index (κ2) is 7.57. The minimum atomic E-state index is -1.94. The van der Waals surface area contributed by atoms with Crippen molar-refractivity contribution in [3.63, 3.8) is 0 Å². The lowest BCUT2D eigenvalue weighted by atomic mass is 9.74. The topological polar surface area (TPSA) is 128 Å². The van der Waals surface area contributed by atoms with Crippen LogP contribution in [0, 0.1) is 12.7 Å². The standard InChI is InChI=1S/C25H24FN3O5.ClH/c1-3-25(33)15-6-18-21-13(8-29(18)22(31)14(15)9-34-23(25)32)20-19-12(4-5-24(20,27)10-30)11(2)16(26)7-17(19)28-21;/h6-7,30,33H,3-5,8-10,27H2,1-2H3;1H/t24?,25-;/m0./s1. The van der Waals surface area contributed by atoms with E-state index in [0.29, 0.717) is 46.4 Å². The van der Waals surface area contributed by atoms with Crippen LogP contribution >= 0.6 is 12.4 Å². The van der Waals surface area contributed by atoms with E-state index in [1.54, 1.807) is 19.9 Å². The van der Waals surface area contributed by atoms with Gasteiger partial charge in [-0.05, 0) is 48.9 Å². The predicted molar refractivity (Wildman–Crippen MR) is 128 cm³/mol. The highest BCUT2D eigenvalue weighted by Crippen LogP contribution is 2.47. The average Bonchev–Trinajstić information content (AvgIpc) is 3.19. The van der Waals surface area contributed by atoms with Crippen molar-refractivity contribution in [3.05, 3.63) is 61.7 Å². The molecular formula is C25H25ClFN3O5. The smallest absolute Gasteiger partial charge is 0.343 e. The molecule has 184 valence electrons. The third-order valence-electron chi connectivity index (χ3n) is 7.90. The number of halogens is 2.